The Hall–Kier alpha value is -2.83. The first-order chi connectivity index (χ1) is 14.9. The summed E-state index contributed by atoms with van der Waals surface area (Å²) in [6, 6.07) is 20.1. The maximum atomic E-state index is 12.4. The van der Waals surface area contributed by atoms with E-state index < -0.39 is 18.1 Å². The normalized spacial score (nSPS) is 13.2. The highest BCUT2D eigenvalue weighted by molar-refractivity contribution is 9.10. The van der Waals surface area contributed by atoms with Gasteiger partial charge in [-0.2, -0.15) is 0 Å². The molecule has 2 N–H and O–H groups in total. The van der Waals surface area contributed by atoms with Gasteiger partial charge in [0.15, 0.2) is 0 Å². The molecule has 158 valence electrons. The number of ether oxygens (including phenoxy) is 1. The molecule has 0 bridgehead atoms. The monoisotopic (exact) mass is 499 g/mol. The second-order valence-electron chi connectivity index (χ2n) is 7.31. The first-order valence-electron chi connectivity index (χ1n) is 9.72. The summed E-state index contributed by atoms with van der Waals surface area (Å²) < 4.78 is 6.12. The number of carbonyl (C=O) groups is 2. The Balaban J connectivity index is 1.43. The van der Waals surface area contributed by atoms with Crippen molar-refractivity contribution < 1.29 is 19.4 Å². The maximum absolute atomic E-state index is 12.4. The lowest BCUT2D eigenvalue weighted by Crippen LogP contribution is -2.42. The summed E-state index contributed by atoms with van der Waals surface area (Å²) >= 11 is 9.31. The van der Waals surface area contributed by atoms with Crippen LogP contribution in [0, 0.1) is 0 Å². The summed E-state index contributed by atoms with van der Waals surface area (Å²) in [5.41, 5.74) is 5.17. The van der Waals surface area contributed by atoms with Crippen molar-refractivity contribution in [3.05, 3.63) is 92.9 Å². The van der Waals surface area contributed by atoms with E-state index in [4.69, 9.17) is 16.3 Å². The van der Waals surface area contributed by atoms with Crippen LogP contribution in [0.4, 0.5) is 4.79 Å². The fourth-order valence-corrected chi connectivity index (χ4v) is 4.43. The number of nitrogens with one attached hydrogen (secondary N) is 1. The molecule has 5 nitrogen and oxygen atoms in total. The number of amides is 1. The number of halogens is 2. The number of carboxylic acid groups (broad SMARTS) is 1. The predicted octanol–water partition coefficient (Wildman–Crippen LogP) is 5.64. The number of fused-ring (bicyclic) bond motifs is 3. The number of benzene rings is 3. The molecule has 0 aromatic heterocycles. The highest BCUT2D eigenvalue weighted by atomic mass is 79.9. The van der Waals surface area contributed by atoms with Crippen molar-refractivity contribution in [3.63, 3.8) is 0 Å². The van der Waals surface area contributed by atoms with Crippen LogP contribution in [0.1, 0.15) is 22.6 Å². The van der Waals surface area contributed by atoms with Crippen LogP contribution in [0.15, 0.2) is 71.2 Å². The van der Waals surface area contributed by atoms with Gasteiger partial charge in [0.25, 0.3) is 0 Å². The third-order valence-electron chi connectivity index (χ3n) is 5.36. The molecule has 1 aliphatic carbocycles. The van der Waals surface area contributed by atoms with E-state index in [1.54, 1.807) is 18.2 Å². The SMILES string of the molecule is O=C(N[C@H](Cc1ccc(Cl)c(Br)c1)C(=O)O)OCC1c2ccccc2-c2ccccc21. The third kappa shape index (κ3) is 4.60. The van der Waals surface area contributed by atoms with Crippen LogP contribution in [0.25, 0.3) is 11.1 Å². The molecule has 0 heterocycles. The Labute approximate surface area is 193 Å². The van der Waals surface area contributed by atoms with Gasteiger partial charge in [-0.1, -0.05) is 66.2 Å². The summed E-state index contributed by atoms with van der Waals surface area (Å²) in [5, 5.41) is 12.5. The molecule has 31 heavy (non-hydrogen) atoms. The number of carbonyl (C=O) groups excluding carboxylic acids is 1. The van der Waals surface area contributed by atoms with Crippen molar-refractivity contribution in [2.24, 2.45) is 0 Å². The van der Waals surface area contributed by atoms with Gasteiger partial charge in [-0.05, 0) is 55.9 Å². The molecule has 1 aliphatic rings. The number of hydrogen-bond donors (Lipinski definition) is 2. The molecule has 1 amide bonds. The van der Waals surface area contributed by atoms with Crippen molar-refractivity contribution in [2.45, 2.75) is 18.4 Å². The zero-order valence-electron chi connectivity index (χ0n) is 16.3. The van der Waals surface area contributed by atoms with Crippen LogP contribution in [-0.4, -0.2) is 29.8 Å². The fraction of sp³-hybridized carbons (Fsp3) is 0.167. The van der Waals surface area contributed by atoms with Crippen LogP contribution in [0.3, 0.4) is 0 Å². The molecule has 3 aromatic carbocycles. The largest absolute Gasteiger partial charge is 0.480 e. The molecule has 0 fully saturated rings. The molecule has 7 heteroatoms. The molecule has 3 aromatic rings. The molecule has 0 saturated heterocycles. The molecule has 0 unspecified atom stereocenters. The van der Waals surface area contributed by atoms with E-state index in [-0.39, 0.29) is 18.9 Å². The third-order valence-corrected chi connectivity index (χ3v) is 6.57. The number of alkyl carbamates (subject to hydrolysis) is 1. The second kappa shape index (κ2) is 9.12. The smallest absolute Gasteiger partial charge is 0.407 e. The van der Waals surface area contributed by atoms with Crippen molar-refractivity contribution in [1.29, 1.82) is 0 Å². The number of carboxylic acids is 1. The Bertz CT molecular complexity index is 1100. The first kappa shape index (κ1) is 21.4. The minimum atomic E-state index is -1.14. The number of rotatable bonds is 6. The summed E-state index contributed by atoms with van der Waals surface area (Å²) in [5.74, 6) is -1.23. The maximum Gasteiger partial charge on any atom is 0.407 e. The summed E-state index contributed by atoms with van der Waals surface area (Å²) in [6.45, 7) is 0.124. The van der Waals surface area contributed by atoms with Gasteiger partial charge in [0.05, 0.1) is 5.02 Å². The van der Waals surface area contributed by atoms with Crippen LogP contribution >= 0.6 is 27.5 Å². The van der Waals surface area contributed by atoms with Crippen molar-refractivity contribution in [3.8, 4) is 11.1 Å². The second-order valence-corrected chi connectivity index (χ2v) is 8.57. The van der Waals surface area contributed by atoms with E-state index >= 15 is 0 Å². The topological polar surface area (TPSA) is 75.6 Å². The van der Waals surface area contributed by atoms with E-state index in [0.717, 1.165) is 27.8 Å². The average Bonchev–Trinajstić information content (AvgIpc) is 3.08. The van der Waals surface area contributed by atoms with Crippen LogP contribution in [0.2, 0.25) is 5.02 Å². The highest BCUT2D eigenvalue weighted by Gasteiger charge is 2.29. The Morgan fingerprint density at radius 2 is 1.65 bits per heavy atom. The minimum Gasteiger partial charge on any atom is -0.480 e. The molecular weight excluding hydrogens is 482 g/mol. The lowest BCUT2D eigenvalue weighted by atomic mass is 9.98. The fourth-order valence-electron chi connectivity index (χ4n) is 3.88. The summed E-state index contributed by atoms with van der Waals surface area (Å²) in [7, 11) is 0. The van der Waals surface area contributed by atoms with Gasteiger partial charge in [-0.15, -0.1) is 0 Å². The average molecular weight is 501 g/mol. The van der Waals surface area contributed by atoms with Gasteiger partial charge in [0.1, 0.15) is 12.6 Å². The van der Waals surface area contributed by atoms with Crippen molar-refractivity contribution >= 4 is 39.6 Å². The van der Waals surface area contributed by atoms with Crippen LogP contribution < -0.4 is 5.32 Å². The molecular formula is C24H19BrClNO4. The van der Waals surface area contributed by atoms with Crippen LogP contribution in [0.5, 0.6) is 0 Å². The minimum absolute atomic E-state index is 0.0892. The van der Waals surface area contributed by atoms with Gasteiger partial charge in [-0.3, -0.25) is 0 Å². The van der Waals surface area contributed by atoms with Gasteiger partial charge < -0.3 is 15.2 Å². The standard InChI is InChI=1S/C24H19BrClNO4/c25-20-11-14(9-10-21(20)26)12-22(23(28)29)27-24(30)31-13-19-17-7-3-1-5-15(17)16-6-2-4-8-18(16)19/h1-11,19,22H,12-13H2,(H,27,30)(H,28,29)/t22-/m1/s1. The Kier molecular flexibility index (Phi) is 6.30. The van der Waals surface area contributed by atoms with E-state index in [0.29, 0.717) is 9.50 Å². The van der Waals surface area contributed by atoms with Crippen molar-refractivity contribution in [2.75, 3.05) is 6.61 Å². The highest BCUT2D eigenvalue weighted by Crippen LogP contribution is 2.44. The Morgan fingerprint density at radius 3 is 2.23 bits per heavy atom. The van der Waals surface area contributed by atoms with E-state index in [1.165, 1.54) is 0 Å². The van der Waals surface area contributed by atoms with Gasteiger partial charge in [-0.25, -0.2) is 9.59 Å². The Morgan fingerprint density at radius 1 is 1.03 bits per heavy atom. The zero-order valence-corrected chi connectivity index (χ0v) is 18.7. The molecule has 0 spiro atoms. The lowest BCUT2D eigenvalue weighted by Gasteiger charge is -2.17. The zero-order chi connectivity index (χ0) is 22.0. The molecule has 4 rings (SSSR count). The molecule has 0 saturated carbocycles. The van der Waals surface area contributed by atoms with Gasteiger partial charge in [0.2, 0.25) is 0 Å². The molecule has 0 radical (unpaired) electrons. The molecule has 1 atom stereocenters. The first-order valence-corrected chi connectivity index (χ1v) is 10.9. The van der Waals surface area contributed by atoms with Gasteiger partial charge >= 0.3 is 12.1 Å². The predicted molar refractivity (Wildman–Crippen MR) is 122 cm³/mol. The summed E-state index contributed by atoms with van der Waals surface area (Å²) in [6.07, 6.45) is -0.655. The van der Waals surface area contributed by atoms with Crippen LogP contribution in [-0.2, 0) is 16.0 Å². The van der Waals surface area contributed by atoms with E-state index in [1.807, 2.05) is 36.4 Å². The van der Waals surface area contributed by atoms with Crippen molar-refractivity contribution in [1.82, 2.24) is 5.32 Å². The molecule has 0 aliphatic heterocycles. The lowest BCUT2D eigenvalue weighted by molar-refractivity contribution is -0.139. The van der Waals surface area contributed by atoms with Gasteiger partial charge in [0, 0.05) is 16.8 Å². The quantitative estimate of drug-likeness (QED) is 0.459. The van der Waals surface area contributed by atoms with E-state index in [9.17, 15) is 14.7 Å². The number of hydrogen-bond acceptors (Lipinski definition) is 3. The number of aliphatic carboxylic acids is 1. The van der Waals surface area contributed by atoms with E-state index in [2.05, 4.69) is 33.4 Å². The summed E-state index contributed by atoms with van der Waals surface area (Å²) in [4.78, 5) is 24.1.